The monoisotopic (exact) mass is 830 g/mol. The van der Waals surface area contributed by atoms with E-state index in [4.69, 9.17) is 0 Å². The molecule has 11 aromatic carbocycles. The maximum atomic E-state index is 2.53. The molecular weight excluding hydrogens is 793 g/mol. The molecule has 12 aromatic rings. The maximum Gasteiger partial charge on any atom is 0.0736 e. The molecule has 2 heterocycles. The molecule has 0 saturated heterocycles. The van der Waals surface area contributed by atoms with Crippen molar-refractivity contribution in [1.82, 2.24) is 4.57 Å². The highest BCUT2D eigenvalue weighted by Gasteiger charge is 2.48. The van der Waals surface area contributed by atoms with Crippen molar-refractivity contribution in [2.45, 2.75) is 15.2 Å². The predicted octanol–water partition coefficient (Wildman–Crippen LogP) is 16.5. The summed E-state index contributed by atoms with van der Waals surface area (Å²) >= 11 is 1.89. The molecule has 1 spiro atoms. The molecule has 1 aliphatic heterocycles. The van der Waals surface area contributed by atoms with Gasteiger partial charge >= 0.3 is 0 Å². The molecule has 2 aliphatic rings. The van der Waals surface area contributed by atoms with E-state index < -0.39 is 5.41 Å². The second kappa shape index (κ2) is 13.6. The molecule has 14 rings (SSSR count). The number of hydrogen-bond acceptors (Lipinski definition) is 2. The number of anilines is 3. The normalized spacial score (nSPS) is 13.4. The third-order valence-corrected chi connectivity index (χ3v) is 15.1. The zero-order chi connectivity index (χ0) is 41.9. The molecule has 1 aliphatic carbocycles. The summed E-state index contributed by atoms with van der Waals surface area (Å²) in [7, 11) is 0. The summed E-state index contributed by atoms with van der Waals surface area (Å²) in [4.78, 5) is 5.10. The Bertz CT molecular complexity index is 3860. The average Bonchev–Trinajstić information content (AvgIpc) is 3.69. The minimum atomic E-state index is -0.561. The Morgan fingerprint density at radius 3 is 1.81 bits per heavy atom. The van der Waals surface area contributed by atoms with Crippen LogP contribution in [0.15, 0.2) is 240 Å². The average molecular weight is 831 g/mol. The van der Waals surface area contributed by atoms with E-state index in [0.29, 0.717) is 0 Å². The van der Waals surface area contributed by atoms with Gasteiger partial charge in [-0.15, -0.1) is 0 Å². The van der Waals surface area contributed by atoms with Gasteiger partial charge in [0.1, 0.15) is 0 Å². The molecule has 0 atom stereocenters. The number of fused-ring (bicyclic) bond motifs is 13. The van der Waals surface area contributed by atoms with E-state index in [1.807, 2.05) is 11.8 Å². The van der Waals surface area contributed by atoms with Crippen LogP contribution in [0, 0.1) is 0 Å². The number of benzene rings is 11. The van der Waals surface area contributed by atoms with Crippen molar-refractivity contribution < 1.29 is 0 Å². The molecule has 0 fully saturated rings. The van der Waals surface area contributed by atoms with E-state index in [1.54, 1.807) is 0 Å². The van der Waals surface area contributed by atoms with Crippen LogP contribution >= 0.6 is 11.8 Å². The number of aromatic nitrogens is 1. The summed E-state index contributed by atoms with van der Waals surface area (Å²) < 4.78 is 2.45. The number of rotatable bonds is 4. The molecule has 0 amide bonds. The van der Waals surface area contributed by atoms with Gasteiger partial charge in [0.15, 0.2) is 0 Å². The van der Waals surface area contributed by atoms with E-state index in [9.17, 15) is 0 Å². The van der Waals surface area contributed by atoms with Gasteiger partial charge in [0.05, 0.1) is 22.1 Å². The van der Waals surface area contributed by atoms with Crippen molar-refractivity contribution in [3.8, 4) is 16.8 Å². The third-order valence-electron chi connectivity index (χ3n) is 14.0. The highest BCUT2D eigenvalue weighted by atomic mass is 32.2. The standard InChI is InChI=1S/C61H38N2S/c1-2-16-42-36-43(31-30-39(42)14-1)63-56-26-8-5-21-48(56)49-35-33-45(38-57(49)63)62(55-27-13-17-40-15-3-4-20-46(40)55)44-32-34-47-50-22-11-18-41-19-12-25-53(60(41)50)61(54(47)37-44)51-23-6-9-28-58(51)64-59-29-10-7-24-52(59)61/h1-38H. The largest absolute Gasteiger partial charge is 0.310 e. The van der Waals surface area contributed by atoms with Crippen LogP contribution in [-0.4, -0.2) is 4.57 Å². The van der Waals surface area contributed by atoms with Gasteiger partial charge in [-0.05, 0) is 121 Å². The molecule has 3 heteroatoms. The summed E-state index contributed by atoms with van der Waals surface area (Å²) in [6, 6.07) is 86.2. The lowest BCUT2D eigenvalue weighted by Crippen LogP contribution is -2.36. The summed E-state index contributed by atoms with van der Waals surface area (Å²) in [6.45, 7) is 0. The fourth-order valence-corrected chi connectivity index (χ4v) is 12.5. The van der Waals surface area contributed by atoms with Crippen LogP contribution in [0.3, 0.4) is 0 Å². The fourth-order valence-electron chi connectivity index (χ4n) is 11.3. The van der Waals surface area contributed by atoms with E-state index in [-0.39, 0.29) is 0 Å². The van der Waals surface area contributed by atoms with Gasteiger partial charge in [-0.25, -0.2) is 0 Å². The molecule has 0 radical (unpaired) electrons. The van der Waals surface area contributed by atoms with Crippen LogP contribution in [0.4, 0.5) is 17.1 Å². The Morgan fingerprint density at radius 1 is 0.359 bits per heavy atom. The van der Waals surface area contributed by atoms with Crippen LogP contribution in [-0.2, 0) is 5.41 Å². The summed E-state index contributed by atoms with van der Waals surface area (Å²) in [6.07, 6.45) is 0. The van der Waals surface area contributed by atoms with Gasteiger partial charge in [0.25, 0.3) is 0 Å². The first-order chi connectivity index (χ1) is 31.7. The van der Waals surface area contributed by atoms with Crippen LogP contribution in [0.5, 0.6) is 0 Å². The lowest BCUT2D eigenvalue weighted by Gasteiger charge is -2.46. The quantitative estimate of drug-likeness (QED) is 0.175. The minimum absolute atomic E-state index is 0.561. The van der Waals surface area contributed by atoms with E-state index >= 15 is 0 Å². The second-order valence-corrected chi connectivity index (χ2v) is 18.3. The van der Waals surface area contributed by atoms with Crippen molar-refractivity contribution in [2.75, 3.05) is 4.90 Å². The minimum Gasteiger partial charge on any atom is -0.310 e. The molecule has 0 saturated carbocycles. The molecule has 0 bridgehead atoms. The van der Waals surface area contributed by atoms with Gasteiger partial charge in [-0.1, -0.05) is 182 Å². The Kier molecular flexibility index (Phi) is 7.57. The Balaban J connectivity index is 1.09. The van der Waals surface area contributed by atoms with Gasteiger partial charge in [0, 0.05) is 43.0 Å². The lowest BCUT2D eigenvalue weighted by molar-refractivity contribution is 0.707. The van der Waals surface area contributed by atoms with Crippen molar-refractivity contribution in [2.24, 2.45) is 0 Å². The maximum absolute atomic E-state index is 2.53. The number of nitrogens with zero attached hydrogens (tertiary/aromatic N) is 2. The van der Waals surface area contributed by atoms with Crippen molar-refractivity contribution in [3.63, 3.8) is 0 Å². The summed E-state index contributed by atoms with van der Waals surface area (Å²) in [5.74, 6) is 0. The molecule has 0 N–H and O–H groups in total. The molecule has 298 valence electrons. The number of para-hydroxylation sites is 1. The molecule has 1 aromatic heterocycles. The SMILES string of the molecule is c1ccc2c(c1)Sc1ccccc1C21c2cc(N(c3ccc4c5ccccc5n(-c5ccc6ccccc6c5)c4c3)c3cccc4ccccc34)ccc2-c2cccc3cccc1c23. The van der Waals surface area contributed by atoms with Crippen LogP contribution in [0.2, 0.25) is 0 Å². The first kappa shape index (κ1) is 35.7. The Labute approximate surface area is 375 Å². The smallest absolute Gasteiger partial charge is 0.0736 e. The highest BCUT2D eigenvalue weighted by molar-refractivity contribution is 7.99. The molecule has 2 nitrogen and oxygen atoms in total. The lowest BCUT2D eigenvalue weighted by atomic mass is 9.59. The van der Waals surface area contributed by atoms with E-state index in [0.717, 1.165) is 22.7 Å². The Hall–Kier alpha value is -7.85. The van der Waals surface area contributed by atoms with Crippen LogP contribution < -0.4 is 4.90 Å². The van der Waals surface area contributed by atoms with Gasteiger partial charge in [-0.2, -0.15) is 0 Å². The molecule has 64 heavy (non-hydrogen) atoms. The first-order valence-electron chi connectivity index (χ1n) is 22.1. The Morgan fingerprint density at radius 2 is 0.969 bits per heavy atom. The van der Waals surface area contributed by atoms with Crippen LogP contribution in [0.25, 0.3) is 70.9 Å². The second-order valence-electron chi connectivity index (χ2n) is 17.2. The zero-order valence-corrected chi connectivity index (χ0v) is 35.6. The summed E-state index contributed by atoms with van der Waals surface area (Å²) in [5.41, 5.74) is 14.1. The zero-order valence-electron chi connectivity index (χ0n) is 34.7. The first-order valence-corrected chi connectivity index (χ1v) is 22.9. The molecular formula is C61H38N2S. The summed E-state index contributed by atoms with van der Waals surface area (Å²) in [5, 5.41) is 9.94. The van der Waals surface area contributed by atoms with Crippen molar-refractivity contribution >= 4 is 82.9 Å². The molecule has 0 unspecified atom stereocenters. The van der Waals surface area contributed by atoms with Gasteiger partial charge < -0.3 is 9.47 Å². The van der Waals surface area contributed by atoms with E-state index in [1.165, 1.54) is 97.3 Å². The third kappa shape index (κ3) is 4.93. The number of hydrogen-bond donors (Lipinski definition) is 0. The van der Waals surface area contributed by atoms with Crippen molar-refractivity contribution in [1.29, 1.82) is 0 Å². The van der Waals surface area contributed by atoms with E-state index in [2.05, 4.69) is 240 Å². The van der Waals surface area contributed by atoms with Gasteiger partial charge in [-0.3, -0.25) is 0 Å². The van der Waals surface area contributed by atoms with Crippen LogP contribution in [0.1, 0.15) is 22.3 Å². The fraction of sp³-hybridized carbons (Fsp3) is 0.0164. The van der Waals surface area contributed by atoms with Gasteiger partial charge in [0.2, 0.25) is 0 Å². The van der Waals surface area contributed by atoms with Crippen molar-refractivity contribution in [3.05, 3.63) is 253 Å². The topological polar surface area (TPSA) is 8.17 Å². The predicted molar refractivity (Wildman–Crippen MR) is 269 cm³/mol. The highest BCUT2D eigenvalue weighted by Crippen LogP contribution is 2.62.